The third kappa shape index (κ3) is 7.41. The molecule has 2 aliphatic rings. The molecule has 1 saturated carbocycles. The number of aromatic hydroxyl groups is 2. The normalized spacial score (nSPS) is 24.5. The Morgan fingerprint density at radius 1 is 0.703 bits per heavy atom. The van der Waals surface area contributed by atoms with Crippen molar-refractivity contribution < 1.29 is 25.7 Å². The second-order valence-corrected chi connectivity index (χ2v) is 26.5. The minimum atomic E-state index is -0.186. The van der Waals surface area contributed by atoms with Gasteiger partial charge in [0.15, 0.2) is 0 Å². The van der Waals surface area contributed by atoms with Gasteiger partial charge in [0.1, 0.15) is 0 Å². The molecule has 2 nitrogen and oxygen atoms in total. The van der Waals surface area contributed by atoms with Crippen LogP contribution in [0.4, 0.5) is 0 Å². The first-order chi connectivity index (χ1) is 17.3. The first-order valence-corrected chi connectivity index (χ1v) is 22.3. The van der Waals surface area contributed by atoms with E-state index in [0.29, 0.717) is 27.4 Å². The van der Waals surface area contributed by atoms with Gasteiger partial charge < -0.3 is 0 Å². The van der Waals surface area contributed by atoms with Crippen molar-refractivity contribution >= 4 is 61.1 Å². The Bertz CT molecular complexity index is 1160. The van der Waals surface area contributed by atoms with Crippen molar-refractivity contribution in [3.63, 3.8) is 0 Å². The summed E-state index contributed by atoms with van der Waals surface area (Å²) in [6, 6.07) is 8.96. The first-order valence-electron chi connectivity index (χ1n) is 13.4. The molecule has 7 heteroatoms. The van der Waals surface area contributed by atoms with Crippen LogP contribution in [0.25, 0.3) is 0 Å². The van der Waals surface area contributed by atoms with Gasteiger partial charge in [0.2, 0.25) is 0 Å². The predicted octanol–water partition coefficient (Wildman–Crippen LogP) is 10.2. The Morgan fingerprint density at radius 2 is 1.08 bits per heavy atom. The Balaban J connectivity index is 1.77. The van der Waals surface area contributed by atoms with E-state index in [1.54, 1.807) is 0 Å². The fourth-order valence-corrected chi connectivity index (χ4v) is 27.5. The van der Waals surface area contributed by atoms with Crippen LogP contribution in [0.5, 0.6) is 11.5 Å². The Morgan fingerprint density at radius 3 is 1.43 bits per heavy atom. The van der Waals surface area contributed by atoms with Crippen LogP contribution in [-0.4, -0.2) is 20.7 Å². The minimum absolute atomic E-state index is 0.0806. The molecule has 2 aromatic carbocycles. The number of fused-ring (bicyclic) bond motifs is 1. The molecule has 4 atom stereocenters. The maximum atomic E-state index is 11.1. The topological polar surface area (TPSA) is 40.5 Å². The van der Waals surface area contributed by atoms with E-state index in [1.165, 1.54) is 60.8 Å². The second-order valence-electron chi connectivity index (χ2n) is 12.7. The number of halogens is 2. The fraction of sp³-hybridized carbons (Fsp3) is 0.600. The molecule has 2 aromatic rings. The van der Waals surface area contributed by atoms with Crippen LogP contribution < -0.4 is 0 Å². The number of rotatable bonds is 4. The second kappa shape index (κ2) is 12.4. The quantitative estimate of drug-likeness (QED) is 0.239. The molecule has 0 spiro atoms. The fourth-order valence-electron chi connectivity index (χ4n) is 5.33. The van der Waals surface area contributed by atoms with Gasteiger partial charge in [0, 0.05) is 0 Å². The van der Waals surface area contributed by atoms with E-state index in [9.17, 15) is 10.2 Å². The standard InChI is InChI=1S/C30H42I2O2S2.Ti/c1-29(2,3)21-13-19(27(33)23(31)15-21)17-35-25-11-9-7-8-10-12-26(25)36-18-20-14-22(30(4,5)6)16-24(32)28(20)34;/h13-16,25-26,33-34H,7-12,17-18H2,1-6H3;/t25-,26?;/m0./s1. The van der Waals surface area contributed by atoms with Crippen LogP contribution in [0.15, 0.2) is 24.3 Å². The molecule has 37 heavy (non-hydrogen) atoms. The molecule has 1 heterocycles. The van der Waals surface area contributed by atoms with Crippen LogP contribution in [0.3, 0.4) is 0 Å². The molecule has 204 valence electrons. The zero-order chi connectivity index (χ0) is 27.1. The van der Waals surface area contributed by atoms with Gasteiger partial charge >= 0.3 is 265 Å². The van der Waals surface area contributed by atoms with Gasteiger partial charge in [0.25, 0.3) is 0 Å². The van der Waals surface area contributed by atoms with E-state index in [-0.39, 0.29) is 26.3 Å². The van der Waals surface area contributed by atoms with E-state index in [2.05, 4.69) is 111 Å². The zero-order valence-corrected chi connectivity index (χ0v) is 30.6. The van der Waals surface area contributed by atoms with Crippen molar-refractivity contribution in [1.82, 2.24) is 0 Å². The van der Waals surface area contributed by atoms with Gasteiger partial charge in [-0.15, -0.1) is 0 Å². The molecule has 4 rings (SSSR count). The predicted molar refractivity (Wildman–Crippen MR) is 177 cm³/mol. The van der Waals surface area contributed by atoms with E-state index in [1.807, 2.05) is 0 Å². The molecular formula is C30H42I2O2S2Ti. The van der Waals surface area contributed by atoms with Gasteiger partial charge in [-0.3, -0.25) is 0 Å². The van der Waals surface area contributed by atoms with Crippen molar-refractivity contribution in [2.75, 3.05) is 0 Å². The summed E-state index contributed by atoms with van der Waals surface area (Å²) in [5.74, 6) is 3.16. The van der Waals surface area contributed by atoms with E-state index in [4.69, 9.17) is 0 Å². The summed E-state index contributed by atoms with van der Waals surface area (Å²) in [6.45, 7) is 13.6. The Kier molecular flexibility index (Phi) is 10.4. The maximum absolute atomic E-state index is 11.1. The summed E-state index contributed by atoms with van der Waals surface area (Å²) in [5.41, 5.74) is 5.19. The summed E-state index contributed by atoms with van der Waals surface area (Å²) in [6.07, 6.45) is 8.21. The van der Waals surface area contributed by atoms with Crippen molar-refractivity contribution in [2.24, 2.45) is 0 Å². The van der Waals surface area contributed by atoms with Crippen molar-refractivity contribution in [3.05, 3.63) is 53.7 Å². The number of hydrogen-bond acceptors (Lipinski definition) is 2. The molecule has 1 fully saturated rings. The summed E-state index contributed by atoms with van der Waals surface area (Å²) in [5, 5.41) is 23.8. The van der Waals surface area contributed by atoms with Gasteiger partial charge in [-0.25, -0.2) is 0 Å². The van der Waals surface area contributed by atoms with Crippen LogP contribution >= 0.6 is 61.1 Å². The summed E-state index contributed by atoms with van der Waals surface area (Å²) >= 11 is 4.46. The number of phenolic OH excluding ortho intramolecular Hbond substituents is 2. The Labute approximate surface area is 262 Å². The average molecular weight is 800 g/mol. The van der Waals surface area contributed by atoms with Crippen LogP contribution in [0, 0.1) is 7.14 Å². The molecule has 3 unspecified atom stereocenters. The molecular weight excluding hydrogens is 758 g/mol. The molecule has 0 aromatic heterocycles. The number of phenols is 2. The van der Waals surface area contributed by atoms with Gasteiger partial charge in [-0.05, 0) is 0 Å². The number of hydrogen-bond donors (Lipinski definition) is 2. The SMILES string of the molecule is CC(C)(C)c1cc(I)c(O)c(C[S]2=[Ti]=[S](Cc3cc(C(C)(C)C)cc(I)c3O)[C@H]3CCCCCCC32)c1. The third-order valence-corrected chi connectivity index (χ3v) is 25.3. The first kappa shape index (κ1) is 30.9. The molecule has 0 saturated heterocycles. The van der Waals surface area contributed by atoms with Crippen molar-refractivity contribution in [2.45, 2.75) is 113 Å². The summed E-state index contributed by atoms with van der Waals surface area (Å²) in [4.78, 5) is 0. The average Bonchev–Trinajstić information content (AvgIpc) is 3.07. The monoisotopic (exact) mass is 800 g/mol. The number of benzene rings is 2. The Hall–Kier alpha value is 0.914. The van der Waals surface area contributed by atoms with E-state index < -0.39 is 0 Å². The molecule has 1 aliphatic carbocycles. The zero-order valence-electron chi connectivity index (χ0n) is 23.1. The summed E-state index contributed by atoms with van der Waals surface area (Å²) in [7, 11) is 0.770. The van der Waals surface area contributed by atoms with Gasteiger partial charge in [0.05, 0.1) is 0 Å². The van der Waals surface area contributed by atoms with Crippen LogP contribution in [0.2, 0.25) is 0 Å². The molecule has 0 radical (unpaired) electrons. The third-order valence-electron chi connectivity index (χ3n) is 7.73. The van der Waals surface area contributed by atoms with Gasteiger partial charge in [-0.1, -0.05) is 0 Å². The van der Waals surface area contributed by atoms with Crippen LogP contribution in [-0.2, 0) is 37.8 Å². The molecule has 0 bridgehead atoms. The molecule has 0 amide bonds. The van der Waals surface area contributed by atoms with E-state index in [0.717, 1.165) is 29.1 Å². The van der Waals surface area contributed by atoms with Gasteiger partial charge in [-0.2, -0.15) is 0 Å². The summed E-state index contributed by atoms with van der Waals surface area (Å²) < 4.78 is 1.99. The molecule has 2 N–H and O–H groups in total. The van der Waals surface area contributed by atoms with Crippen molar-refractivity contribution in [1.29, 1.82) is 0 Å². The van der Waals surface area contributed by atoms with E-state index >= 15 is 0 Å². The van der Waals surface area contributed by atoms with Crippen LogP contribution in [0.1, 0.15) is 102 Å². The van der Waals surface area contributed by atoms with Crippen molar-refractivity contribution in [3.8, 4) is 11.5 Å². The molecule has 1 aliphatic heterocycles.